The molecule has 18 heavy (non-hydrogen) atoms. The molecule has 0 amide bonds. The zero-order valence-electron chi connectivity index (χ0n) is 11.0. The van der Waals surface area contributed by atoms with E-state index in [-0.39, 0.29) is 11.4 Å². The highest BCUT2D eigenvalue weighted by atomic mass is 32.1. The van der Waals surface area contributed by atoms with Gasteiger partial charge in [0.1, 0.15) is 10.8 Å². The van der Waals surface area contributed by atoms with Gasteiger partial charge in [-0.15, -0.1) is 11.3 Å². The summed E-state index contributed by atoms with van der Waals surface area (Å²) in [6.07, 6.45) is 0. The standard InChI is InChI=1S/C14H17FN2S/c1-9-7-10(5-6-11(9)15)13-17-12(8-18-13)14(2,3)16-4/h5-8,16H,1-4H3. The van der Waals surface area contributed by atoms with E-state index in [1.54, 1.807) is 24.3 Å². The first-order valence-electron chi connectivity index (χ1n) is 5.85. The number of hydrogen-bond acceptors (Lipinski definition) is 3. The summed E-state index contributed by atoms with van der Waals surface area (Å²) in [6, 6.07) is 5.11. The third-order valence-electron chi connectivity index (χ3n) is 3.17. The van der Waals surface area contributed by atoms with E-state index in [0.717, 1.165) is 16.3 Å². The van der Waals surface area contributed by atoms with Crippen LogP contribution in [0.4, 0.5) is 4.39 Å². The number of thiazole rings is 1. The lowest BCUT2D eigenvalue weighted by molar-refractivity contribution is 0.434. The summed E-state index contributed by atoms with van der Waals surface area (Å²) < 4.78 is 13.2. The Labute approximate surface area is 111 Å². The van der Waals surface area contributed by atoms with E-state index in [1.807, 2.05) is 18.5 Å². The fourth-order valence-electron chi connectivity index (χ4n) is 1.60. The van der Waals surface area contributed by atoms with Crippen molar-refractivity contribution in [2.45, 2.75) is 26.3 Å². The van der Waals surface area contributed by atoms with Crippen LogP contribution in [0.25, 0.3) is 10.6 Å². The van der Waals surface area contributed by atoms with Crippen LogP contribution in [-0.2, 0) is 5.54 Å². The molecule has 0 aliphatic carbocycles. The highest BCUT2D eigenvalue weighted by Crippen LogP contribution is 2.29. The Morgan fingerprint density at radius 2 is 2.06 bits per heavy atom. The predicted octanol–water partition coefficient (Wildman–Crippen LogP) is 3.71. The number of aromatic nitrogens is 1. The van der Waals surface area contributed by atoms with Gasteiger partial charge in [-0.1, -0.05) is 0 Å². The predicted molar refractivity (Wildman–Crippen MR) is 74.3 cm³/mol. The van der Waals surface area contributed by atoms with Gasteiger partial charge in [0.05, 0.1) is 11.2 Å². The first-order valence-corrected chi connectivity index (χ1v) is 6.73. The summed E-state index contributed by atoms with van der Waals surface area (Å²) in [4.78, 5) is 4.63. The van der Waals surface area contributed by atoms with E-state index >= 15 is 0 Å². The van der Waals surface area contributed by atoms with Crippen molar-refractivity contribution in [3.8, 4) is 10.6 Å². The quantitative estimate of drug-likeness (QED) is 0.914. The van der Waals surface area contributed by atoms with Gasteiger partial charge in [0.15, 0.2) is 0 Å². The molecule has 0 spiro atoms. The molecule has 0 bridgehead atoms. The number of nitrogens with one attached hydrogen (secondary N) is 1. The molecular weight excluding hydrogens is 247 g/mol. The summed E-state index contributed by atoms with van der Waals surface area (Å²) in [5, 5.41) is 6.20. The lowest BCUT2D eigenvalue weighted by Crippen LogP contribution is -2.33. The second kappa shape index (κ2) is 4.78. The molecule has 1 N–H and O–H groups in total. The minimum atomic E-state index is -0.175. The van der Waals surface area contributed by atoms with Gasteiger partial charge in [0.2, 0.25) is 0 Å². The van der Waals surface area contributed by atoms with Crippen molar-refractivity contribution in [2.24, 2.45) is 0 Å². The number of hydrogen-bond donors (Lipinski definition) is 1. The van der Waals surface area contributed by atoms with Crippen LogP contribution in [0.3, 0.4) is 0 Å². The highest BCUT2D eigenvalue weighted by Gasteiger charge is 2.21. The van der Waals surface area contributed by atoms with Crippen molar-refractivity contribution < 1.29 is 4.39 Å². The molecule has 0 saturated heterocycles. The van der Waals surface area contributed by atoms with Crippen LogP contribution in [0, 0.1) is 12.7 Å². The lowest BCUT2D eigenvalue weighted by atomic mass is 10.0. The topological polar surface area (TPSA) is 24.9 Å². The molecule has 1 aromatic heterocycles. The zero-order valence-corrected chi connectivity index (χ0v) is 11.9. The van der Waals surface area contributed by atoms with Crippen molar-refractivity contribution in [1.82, 2.24) is 10.3 Å². The Balaban J connectivity index is 2.38. The highest BCUT2D eigenvalue weighted by molar-refractivity contribution is 7.13. The van der Waals surface area contributed by atoms with Crippen LogP contribution in [0.2, 0.25) is 0 Å². The number of rotatable bonds is 3. The van der Waals surface area contributed by atoms with Crippen molar-refractivity contribution in [1.29, 1.82) is 0 Å². The Morgan fingerprint density at radius 3 is 2.67 bits per heavy atom. The molecule has 0 aliphatic heterocycles. The summed E-state index contributed by atoms with van der Waals surface area (Å²) in [5.74, 6) is -0.175. The Morgan fingerprint density at radius 1 is 1.33 bits per heavy atom. The molecule has 0 atom stereocenters. The fourth-order valence-corrected chi connectivity index (χ4v) is 2.58. The first kappa shape index (κ1) is 13.2. The summed E-state index contributed by atoms with van der Waals surface area (Å²) in [5.41, 5.74) is 2.48. The molecule has 2 rings (SSSR count). The molecule has 1 aromatic carbocycles. The summed E-state index contributed by atoms with van der Waals surface area (Å²) in [7, 11) is 1.92. The van der Waals surface area contributed by atoms with E-state index in [4.69, 9.17) is 0 Å². The maximum Gasteiger partial charge on any atom is 0.126 e. The average Bonchev–Trinajstić information content (AvgIpc) is 2.83. The van der Waals surface area contributed by atoms with E-state index in [9.17, 15) is 4.39 Å². The van der Waals surface area contributed by atoms with E-state index in [1.165, 1.54) is 6.07 Å². The van der Waals surface area contributed by atoms with Crippen LogP contribution < -0.4 is 5.32 Å². The second-order valence-corrected chi connectivity index (χ2v) is 5.73. The maximum absolute atomic E-state index is 13.2. The first-order chi connectivity index (χ1) is 8.44. The minimum absolute atomic E-state index is 0.149. The molecular formula is C14H17FN2S. The van der Waals surface area contributed by atoms with Crippen molar-refractivity contribution in [3.63, 3.8) is 0 Å². The minimum Gasteiger partial charge on any atom is -0.310 e. The Bertz CT molecular complexity index is 561. The lowest BCUT2D eigenvalue weighted by Gasteiger charge is -2.21. The maximum atomic E-state index is 13.2. The number of benzene rings is 1. The molecule has 0 fully saturated rings. The number of nitrogens with zero attached hydrogens (tertiary/aromatic N) is 1. The SMILES string of the molecule is CNC(C)(C)c1csc(-c2ccc(F)c(C)c2)n1. The fraction of sp³-hybridized carbons (Fsp3) is 0.357. The van der Waals surface area contributed by atoms with Crippen LogP contribution in [0.1, 0.15) is 25.1 Å². The van der Waals surface area contributed by atoms with Crippen LogP contribution in [-0.4, -0.2) is 12.0 Å². The molecule has 2 aromatic rings. The zero-order chi connectivity index (χ0) is 13.3. The summed E-state index contributed by atoms with van der Waals surface area (Å²) >= 11 is 1.59. The Kier molecular flexibility index (Phi) is 3.50. The van der Waals surface area contributed by atoms with Crippen molar-refractivity contribution in [2.75, 3.05) is 7.05 Å². The van der Waals surface area contributed by atoms with Crippen molar-refractivity contribution >= 4 is 11.3 Å². The van der Waals surface area contributed by atoms with Gasteiger partial charge in [-0.05, 0) is 51.6 Å². The van der Waals surface area contributed by atoms with Crippen LogP contribution in [0.15, 0.2) is 23.6 Å². The number of halogens is 1. The smallest absolute Gasteiger partial charge is 0.126 e. The summed E-state index contributed by atoms with van der Waals surface area (Å²) in [6.45, 7) is 5.94. The van der Waals surface area contributed by atoms with Gasteiger partial charge in [0.25, 0.3) is 0 Å². The molecule has 0 saturated carbocycles. The van der Waals surface area contributed by atoms with E-state index < -0.39 is 0 Å². The van der Waals surface area contributed by atoms with Crippen LogP contribution in [0.5, 0.6) is 0 Å². The van der Waals surface area contributed by atoms with Gasteiger partial charge >= 0.3 is 0 Å². The molecule has 2 nitrogen and oxygen atoms in total. The Hall–Kier alpha value is -1.26. The van der Waals surface area contributed by atoms with Gasteiger partial charge < -0.3 is 5.32 Å². The van der Waals surface area contributed by atoms with Gasteiger partial charge in [-0.2, -0.15) is 0 Å². The normalized spacial score (nSPS) is 11.8. The van der Waals surface area contributed by atoms with E-state index in [2.05, 4.69) is 24.1 Å². The van der Waals surface area contributed by atoms with Crippen LogP contribution >= 0.6 is 11.3 Å². The number of aryl methyl sites for hydroxylation is 1. The molecule has 4 heteroatoms. The van der Waals surface area contributed by atoms with Gasteiger partial charge in [0, 0.05) is 10.9 Å². The molecule has 96 valence electrons. The molecule has 0 radical (unpaired) electrons. The third-order valence-corrected chi connectivity index (χ3v) is 4.07. The molecule has 0 aliphatic rings. The van der Waals surface area contributed by atoms with Gasteiger partial charge in [-0.3, -0.25) is 0 Å². The third kappa shape index (κ3) is 2.44. The second-order valence-electron chi connectivity index (χ2n) is 4.88. The monoisotopic (exact) mass is 264 g/mol. The largest absolute Gasteiger partial charge is 0.310 e. The average molecular weight is 264 g/mol. The molecule has 1 heterocycles. The van der Waals surface area contributed by atoms with E-state index in [0.29, 0.717) is 5.56 Å². The van der Waals surface area contributed by atoms with Crippen molar-refractivity contribution in [3.05, 3.63) is 40.7 Å². The molecule has 0 unspecified atom stereocenters. The van der Waals surface area contributed by atoms with Gasteiger partial charge in [-0.25, -0.2) is 9.37 Å².